The second-order valence-corrected chi connectivity index (χ2v) is 32.1. The highest BCUT2D eigenvalue weighted by Crippen LogP contribution is 2.75. The number of pyridine rings is 1. The second kappa shape index (κ2) is 25.5. The Bertz CT molecular complexity index is 4500. The van der Waals surface area contributed by atoms with Gasteiger partial charge in [0.25, 0.3) is 0 Å². The van der Waals surface area contributed by atoms with E-state index in [-0.39, 0.29) is 76.7 Å². The van der Waals surface area contributed by atoms with Gasteiger partial charge in [-0.05, 0) is 176 Å². The molecule has 6 aromatic rings. The van der Waals surface area contributed by atoms with E-state index in [0.717, 1.165) is 79.8 Å². The van der Waals surface area contributed by atoms with Crippen LogP contribution < -0.4 is 41.8 Å². The highest BCUT2D eigenvalue weighted by atomic mass is 16.6. The van der Waals surface area contributed by atoms with Gasteiger partial charge in [0.2, 0.25) is 5.75 Å². The van der Waals surface area contributed by atoms with Crippen LogP contribution >= 0.6 is 0 Å². The molecular formula is C83H94N10O9. The predicted molar refractivity (Wildman–Crippen MR) is 386 cm³/mol. The predicted octanol–water partition coefficient (Wildman–Crippen LogP) is 10.6. The fourth-order valence-electron chi connectivity index (χ4n) is 22.5. The van der Waals surface area contributed by atoms with E-state index in [9.17, 15) is 25.2 Å². The number of guanidine groups is 1. The van der Waals surface area contributed by atoms with E-state index < -0.39 is 77.4 Å². The molecule has 12 aliphatic rings. The molecule has 0 amide bonds. The Hall–Kier alpha value is -8.85. The lowest BCUT2D eigenvalue weighted by Gasteiger charge is -2.59. The Labute approximate surface area is 596 Å². The lowest BCUT2D eigenvalue weighted by atomic mass is 9.56. The number of aromatic amines is 1. The van der Waals surface area contributed by atoms with Gasteiger partial charge in [-0.2, -0.15) is 0 Å². The summed E-state index contributed by atoms with van der Waals surface area (Å²) in [7, 11) is 2.17. The van der Waals surface area contributed by atoms with Crippen LogP contribution in [-0.2, 0) is 33.5 Å². The van der Waals surface area contributed by atoms with Crippen molar-refractivity contribution in [1.82, 2.24) is 41.1 Å². The smallest absolute Gasteiger partial charge is 0.302 e. The van der Waals surface area contributed by atoms with Crippen molar-refractivity contribution >= 4 is 22.8 Å². The van der Waals surface area contributed by atoms with E-state index in [2.05, 4.69) is 133 Å². The number of dihydropyridines is 1. The van der Waals surface area contributed by atoms with Gasteiger partial charge in [-0.25, -0.2) is 0 Å². The molecule has 3 aromatic heterocycles. The number of phenols is 3. The number of carbonyl (C=O) groups is 1. The van der Waals surface area contributed by atoms with Crippen molar-refractivity contribution in [3.8, 4) is 52.4 Å². The van der Waals surface area contributed by atoms with Crippen LogP contribution in [-0.4, -0.2) is 110 Å². The van der Waals surface area contributed by atoms with Crippen molar-refractivity contribution in [2.75, 3.05) is 26.7 Å². The molecule has 12 N–H and O–H groups in total. The van der Waals surface area contributed by atoms with Gasteiger partial charge >= 0.3 is 5.97 Å². The molecule has 6 aliphatic carbocycles. The second-order valence-electron chi connectivity index (χ2n) is 32.1. The molecule has 102 heavy (non-hydrogen) atoms. The Kier molecular flexibility index (Phi) is 16.3. The number of nitrogens with one attached hydrogen (secondary N) is 6. The number of aliphatic hydroxyl groups is 1. The first-order chi connectivity index (χ1) is 49.7. The minimum absolute atomic E-state index is 0.00000789. The zero-order chi connectivity index (χ0) is 69.2. The molecule has 4 saturated carbocycles. The number of phenolic OH excluding ortho intramolecular Hbond substituents is 3. The normalized spacial score (nSPS) is 35.7. The van der Waals surface area contributed by atoms with Crippen LogP contribution in [0.5, 0.6) is 28.7 Å². The van der Waals surface area contributed by atoms with Crippen LogP contribution in [0.3, 0.4) is 0 Å². The molecule has 530 valence electrons. The zero-order valence-corrected chi connectivity index (χ0v) is 58.2. The number of H-pyrrole nitrogens is 1. The average molecular weight is 1380 g/mol. The van der Waals surface area contributed by atoms with E-state index in [1.54, 1.807) is 24.5 Å². The summed E-state index contributed by atoms with van der Waals surface area (Å²) >= 11 is 0. The third-order valence-corrected chi connectivity index (χ3v) is 26.7. The van der Waals surface area contributed by atoms with E-state index in [1.165, 1.54) is 48.1 Å². The minimum Gasteiger partial charge on any atom is -0.504 e. The number of hydrogen-bond donors (Lipinski definition) is 11. The molecule has 6 fully saturated rings. The molecular weight excluding hydrogens is 1280 g/mol. The molecule has 9 bridgehead atoms. The van der Waals surface area contributed by atoms with Crippen molar-refractivity contribution in [3.63, 3.8) is 0 Å². The quantitative estimate of drug-likeness (QED) is 0.0264. The lowest BCUT2D eigenvalue weighted by Crippen LogP contribution is -2.76. The molecule has 6 aliphatic heterocycles. The topological polar surface area (TPSA) is 267 Å². The maximum absolute atomic E-state index is 14.2. The van der Waals surface area contributed by atoms with Crippen LogP contribution in [0.2, 0.25) is 0 Å². The van der Waals surface area contributed by atoms with Gasteiger partial charge in [0, 0.05) is 116 Å². The highest BCUT2D eigenvalue weighted by Gasteiger charge is 2.69. The number of carbonyl (C=O) groups excluding carboxylic acids is 1. The Balaban J connectivity index is 0.851. The molecule has 0 radical (unpaired) electrons. The molecule has 2 spiro atoms. The fourth-order valence-corrected chi connectivity index (χ4v) is 22.5. The number of fused-ring (bicyclic) bond motifs is 9. The summed E-state index contributed by atoms with van der Waals surface area (Å²) in [6, 6.07) is 21.9. The molecule has 9 heterocycles. The number of esters is 1. The van der Waals surface area contributed by atoms with Crippen LogP contribution in [0.1, 0.15) is 154 Å². The first-order valence-corrected chi connectivity index (χ1v) is 37.6. The van der Waals surface area contributed by atoms with Gasteiger partial charge in [-0.3, -0.25) is 20.1 Å². The van der Waals surface area contributed by atoms with Crippen molar-refractivity contribution < 1.29 is 44.2 Å². The third kappa shape index (κ3) is 10.9. The molecule has 0 unspecified atom stereocenters. The molecule has 18 rings (SSSR count). The monoisotopic (exact) mass is 1370 g/mol. The highest BCUT2D eigenvalue weighted by molar-refractivity contribution is 5.83. The summed E-state index contributed by atoms with van der Waals surface area (Å²) in [5, 5.41) is 70.6. The molecule has 3 aromatic carbocycles. The number of hydrogen-bond acceptors (Lipinski definition) is 17. The van der Waals surface area contributed by atoms with Crippen molar-refractivity contribution in [3.05, 3.63) is 167 Å². The van der Waals surface area contributed by atoms with Gasteiger partial charge in [0.15, 0.2) is 29.0 Å². The number of aliphatic imine (C=N–C) groups is 1. The summed E-state index contributed by atoms with van der Waals surface area (Å²) in [6.45, 7) is 2.84. The summed E-state index contributed by atoms with van der Waals surface area (Å²) < 4.78 is 30.4. The Morgan fingerprint density at radius 3 is 2.69 bits per heavy atom. The Morgan fingerprint density at radius 2 is 1.84 bits per heavy atom. The van der Waals surface area contributed by atoms with Crippen LogP contribution in [0, 0.1) is 81.4 Å². The summed E-state index contributed by atoms with van der Waals surface area (Å²) in [6.07, 6.45) is 27.5. The fraction of sp³-hybridized carbons (Fsp3) is 0.506. The zero-order valence-electron chi connectivity index (χ0n) is 58.2. The average Bonchev–Trinajstić information content (AvgIpc) is 1.49. The van der Waals surface area contributed by atoms with E-state index in [0.29, 0.717) is 74.2 Å². The number of aromatic hydroxyl groups is 3. The van der Waals surface area contributed by atoms with Crippen molar-refractivity contribution in [2.45, 2.75) is 176 Å². The van der Waals surface area contributed by atoms with Crippen LogP contribution in [0.25, 0.3) is 10.9 Å². The molecule has 19 atom stereocenters. The summed E-state index contributed by atoms with van der Waals surface area (Å²) in [4.78, 5) is 27.5. The van der Waals surface area contributed by atoms with E-state index in [1.807, 2.05) is 30.5 Å². The number of ether oxygens (including phenoxy) is 4. The number of aliphatic hydroxyl groups excluding tert-OH is 1. The van der Waals surface area contributed by atoms with E-state index >= 15 is 0 Å². The maximum atomic E-state index is 14.2. The van der Waals surface area contributed by atoms with Crippen molar-refractivity contribution in [2.24, 2.45) is 68.4 Å². The number of rotatable bonds is 10. The first kappa shape index (κ1) is 65.2. The van der Waals surface area contributed by atoms with Crippen molar-refractivity contribution in [1.29, 1.82) is 0 Å². The Morgan fingerprint density at radius 1 is 0.951 bits per heavy atom. The largest absolute Gasteiger partial charge is 0.504 e. The summed E-state index contributed by atoms with van der Waals surface area (Å²) in [5.74, 6) is 14.5. The lowest BCUT2D eigenvalue weighted by molar-refractivity contribution is -0.197. The minimum atomic E-state index is -1.13. The van der Waals surface area contributed by atoms with Crippen LogP contribution in [0.15, 0.2) is 138 Å². The summed E-state index contributed by atoms with van der Waals surface area (Å²) in [5.41, 5.74) is 13.1. The SMILES string of the molecule is CN[C@H]1c2c3cccc2[C@@H]2CC4(CCCC4)[C@](CC4=CCNC(N)=C4)(CN=C4N[C@H](n5cc6cc[nH]c6c5)[C@@H]5[C@H](O)N[C@H]6CCCC[C@@H]6C#CC[C@@]67Cc8ccc(O)c(c8)O[C@@H]8C[C@@H](C3)C[C@]5(N4)[C@@H]8C#C[C@H]6C=C[C@H]3[C@@H](OC(C)=O)C[C@@H](c4cc(O)c(O)c(OCCc5cccnc5)c4)O[C@H]37)[C@@H]21. The molecule has 19 heteroatoms. The van der Waals surface area contributed by atoms with Crippen LogP contribution in [0.4, 0.5) is 0 Å². The van der Waals surface area contributed by atoms with Gasteiger partial charge < -0.3 is 75.9 Å². The van der Waals surface area contributed by atoms with E-state index in [4.69, 9.17) is 29.7 Å². The standard InChI is InChI=1S/C83H94N10O9/c1-47(94)100-66-38-65(55-36-64(96)75(97)69(37-55)99-31-24-48-10-9-28-86-43-48)102-76-58(66)19-17-56-18-20-60-67-34-51-32-53-12-7-14-57-59-42-80(25-5-6-26-80)82(72(59)74(85-2)71(53)57,40-50-22-29-88-70(84)35-50)46-89-79-91-77(93-44-54-23-30-87-62(54)45-93)73(83(60,41-51)92-79)78(98)90-61-15-4-3-11-52(61)13-8-27-81(56,76)39-49-16-21-63(95)68(33-49)101-67/h7,9-10,12,14,16-17,19,21-23,28,30,33,35-37,43-45,51-52,56,58-61,65-67,72-74,76-78,85,87-88,90,95-98H,3-6,11,15,24-27,29,31-32,34,38-42,46,84H2,1-2H3,(H2,89,91,92)/t51-,52-,56-,58+,59+,60-,61+,65+,66+,67-,72+,73-,74+,76-,77-,78+,81-,82-,83+/m1/s1. The first-order valence-electron chi connectivity index (χ1n) is 37.6. The molecule has 2 saturated heterocycles. The maximum Gasteiger partial charge on any atom is 0.302 e. The van der Waals surface area contributed by atoms with Gasteiger partial charge in [0.05, 0.1) is 47.5 Å². The number of nitrogens with two attached hydrogens (primary N) is 1. The van der Waals surface area contributed by atoms with Gasteiger partial charge in [-0.15, -0.1) is 5.92 Å². The van der Waals surface area contributed by atoms with Gasteiger partial charge in [0.1, 0.15) is 24.6 Å². The number of aromatic nitrogens is 3. The van der Waals surface area contributed by atoms with Gasteiger partial charge in [-0.1, -0.05) is 92.0 Å². The number of allylic oxidation sites excluding steroid dienone is 3. The number of nitrogens with zero attached hydrogens (tertiary/aromatic N) is 3. The molecule has 19 nitrogen and oxygen atoms in total. The third-order valence-electron chi connectivity index (χ3n) is 26.7. The number of benzene rings is 3.